The van der Waals surface area contributed by atoms with Crippen molar-refractivity contribution in [3.63, 3.8) is 0 Å². The van der Waals surface area contributed by atoms with E-state index in [0.29, 0.717) is 33.9 Å². The van der Waals surface area contributed by atoms with Crippen LogP contribution in [-0.4, -0.2) is 25.4 Å². The van der Waals surface area contributed by atoms with E-state index in [9.17, 15) is 14.9 Å². The maximum atomic E-state index is 12.2. The number of aromatic amines is 1. The summed E-state index contributed by atoms with van der Waals surface area (Å²) in [6, 6.07) is 20.9. The van der Waals surface area contributed by atoms with Gasteiger partial charge in [0.15, 0.2) is 5.65 Å². The summed E-state index contributed by atoms with van der Waals surface area (Å²) in [4.78, 5) is 27.2. The van der Waals surface area contributed by atoms with E-state index < -0.39 is 10.8 Å². The lowest BCUT2D eigenvalue weighted by atomic mass is 10.1. The molecule has 0 saturated heterocycles. The van der Waals surface area contributed by atoms with Crippen LogP contribution in [0.2, 0.25) is 0 Å². The molecule has 0 atom stereocenters. The van der Waals surface area contributed by atoms with Crippen molar-refractivity contribution in [2.75, 3.05) is 0 Å². The summed E-state index contributed by atoms with van der Waals surface area (Å²) in [6.07, 6.45) is 0. The number of nitrogens with one attached hydrogen (secondary N) is 1. The number of imidazole rings is 1. The molecule has 5 rings (SSSR count). The third kappa shape index (κ3) is 3.14. The normalized spacial score (nSPS) is 11.1. The minimum atomic E-state index is -0.657. The molecule has 0 fully saturated rings. The van der Waals surface area contributed by atoms with Gasteiger partial charge in [0.05, 0.1) is 21.7 Å². The molecule has 9 heteroatoms. The molecule has 3 N–H and O–H groups in total. The van der Waals surface area contributed by atoms with Gasteiger partial charge in [0.2, 0.25) is 0 Å². The number of H-pyrrole nitrogens is 1. The quantitative estimate of drug-likeness (QED) is 0.328. The summed E-state index contributed by atoms with van der Waals surface area (Å²) in [5.74, 6) is 0.701. The van der Waals surface area contributed by atoms with Crippen molar-refractivity contribution in [2.24, 2.45) is 5.73 Å². The summed E-state index contributed by atoms with van der Waals surface area (Å²) in [6.45, 7) is 0. The number of primary amides is 1. The first-order valence-corrected chi connectivity index (χ1v) is 9.33. The maximum absolute atomic E-state index is 12.2. The summed E-state index contributed by atoms with van der Waals surface area (Å²) in [5.41, 5.74) is 8.29. The van der Waals surface area contributed by atoms with Crippen LogP contribution < -0.4 is 10.5 Å². The topological polar surface area (TPSA) is 129 Å². The fourth-order valence-electron chi connectivity index (χ4n) is 3.50. The van der Waals surface area contributed by atoms with Gasteiger partial charge in [-0.25, -0.2) is 9.50 Å². The highest BCUT2D eigenvalue weighted by atomic mass is 16.6. The predicted octanol–water partition coefficient (Wildman–Crippen LogP) is 4.28. The smallest absolute Gasteiger partial charge is 0.271 e. The van der Waals surface area contributed by atoms with Crippen LogP contribution in [0.25, 0.3) is 27.9 Å². The maximum Gasteiger partial charge on any atom is 0.271 e. The van der Waals surface area contributed by atoms with Gasteiger partial charge in [0.1, 0.15) is 17.1 Å². The Labute approximate surface area is 174 Å². The SMILES string of the molecule is NC(=O)c1c(-c2ccc(Oc3ccccc3)cc2)[nH]n2c1nc1cc([N+](=O)[O-])ccc12. The zero-order chi connectivity index (χ0) is 21.5. The van der Waals surface area contributed by atoms with Crippen molar-refractivity contribution in [1.29, 1.82) is 0 Å². The number of hydrogen-bond acceptors (Lipinski definition) is 5. The van der Waals surface area contributed by atoms with Crippen molar-refractivity contribution in [2.45, 2.75) is 0 Å². The Morgan fingerprint density at radius 2 is 1.74 bits per heavy atom. The van der Waals surface area contributed by atoms with Crippen LogP contribution in [-0.2, 0) is 0 Å². The fraction of sp³-hybridized carbons (Fsp3) is 0. The van der Waals surface area contributed by atoms with E-state index in [1.807, 2.05) is 42.5 Å². The number of benzene rings is 3. The molecule has 1 amide bonds. The van der Waals surface area contributed by atoms with Gasteiger partial charge in [-0.15, -0.1) is 0 Å². The Morgan fingerprint density at radius 1 is 1.03 bits per heavy atom. The lowest BCUT2D eigenvalue weighted by molar-refractivity contribution is -0.384. The average molecular weight is 413 g/mol. The van der Waals surface area contributed by atoms with Crippen LogP contribution in [0.5, 0.6) is 11.5 Å². The Hall–Kier alpha value is -4.66. The molecule has 0 aliphatic heterocycles. The number of para-hydroxylation sites is 1. The molecule has 2 heterocycles. The van der Waals surface area contributed by atoms with Crippen LogP contribution in [0.15, 0.2) is 72.8 Å². The molecule has 0 aliphatic carbocycles. The number of nitro benzene ring substituents is 1. The first-order chi connectivity index (χ1) is 15.0. The highest BCUT2D eigenvalue weighted by Crippen LogP contribution is 2.31. The zero-order valence-corrected chi connectivity index (χ0v) is 16.0. The van der Waals surface area contributed by atoms with Crippen molar-refractivity contribution < 1.29 is 14.5 Å². The van der Waals surface area contributed by atoms with Crippen LogP contribution in [0.1, 0.15) is 10.4 Å². The van der Waals surface area contributed by atoms with Gasteiger partial charge in [0.25, 0.3) is 11.6 Å². The van der Waals surface area contributed by atoms with Gasteiger partial charge in [-0.05, 0) is 42.5 Å². The largest absolute Gasteiger partial charge is 0.457 e. The van der Waals surface area contributed by atoms with E-state index in [1.54, 1.807) is 22.7 Å². The lowest BCUT2D eigenvalue weighted by Crippen LogP contribution is -2.12. The molecule has 31 heavy (non-hydrogen) atoms. The second-order valence-corrected chi connectivity index (χ2v) is 6.87. The number of non-ortho nitro benzene ring substituents is 1. The molecule has 9 nitrogen and oxygen atoms in total. The van der Waals surface area contributed by atoms with Crippen LogP contribution in [0.3, 0.4) is 0 Å². The van der Waals surface area contributed by atoms with E-state index in [4.69, 9.17) is 10.5 Å². The predicted molar refractivity (Wildman–Crippen MR) is 114 cm³/mol. The van der Waals surface area contributed by atoms with Crippen molar-refractivity contribution in [3.05, 3.63) is 88.5 Å². The second-order valence-electron chi connectivity index (χ2n) is 6.87. The summed E-state index contributed by atoms with van der Waals surface area (Å²) >= 11 is 0. The van der Waals surface area contributed by atoms with Gasteiger partial charge in [-0.3, -0.25) is 20.0 Å². The molecule has 0 unspecified atom stereocenters. The van der Waals surface area contributed by atoms with E-state index in [2.05, 4.69) is 10.1 Å². The molecular formula is C22H15N5O4. The van der Waals surface area contributed by atoms with Gasteiger partial charge >= 0.3 is 0 Å². The number of ether oxygens (including phenoxy) is 1. The van der Waals surface area contributed by atoms with Gasteiger partial charge in [0, 0.05) is 17.7 Å². The molecule has 2 aromatic heterocycles. The third-order valence-corrected chi connectivity index (χ3v) is 4.91. The average Bonchev–Trinajstić information content (AvgIpc) is 3.30. The number of nitro groups is 1. The summed E-state index contributed by atoms with van der Waals surface area (Å²) in [7, 11) is 0. The van der Waals surface area contributed by atoms with Gasteiger partial charge in [-0.2, -0.15) is 0 Å². The summed E-state index contributed by atoms with van der Waals surface area (Å²) in [5, 5.41) is 14.2. The Kier molecular flexibility index (Phi) is 4.14. The minimum absolute atomic E-state index is 0.0805. The molecule has 5 aromatic rings. The number of carbonyl (C=O) groups excluding carboxylic acids is 1. The fourth-order valence-corrected chi connectivity index (χ4v) is 3.50. The van der Waals surface area contributed by atoms with Gasteiger partial charge in [-0.1, -0.05) is 18.2 Å². The zero-order valence-electron chi connectivity index (χ0n) is 16.0. The van der Waals surface area contributed by atoms with E-state index >= 15 is 0 Å². The number of fused-ring (bicyclic) bond motifs is 3. The highest BCUT2D eigenvalue weighted by molar-refractivity contribution is 6.06. The standard InChI is InChI=1S/C22H15N5O4/c23-21(28)19-20(13-6-9-16(10-7-13)31-15-4-2-1-3-5-15)25-26-18-11-8-14(27(29)30)12-17(18)24-22(19)26/h1-12,25H,(H2,23,28). The molecule has 0 aliphatic rings. The van der Waals surface area contributed by atoms with E-state index in [1.165, 1.54) is 12.1 Å². The second kappa shape index (κ2) is 6.99. The van der Waals surface area contributed by atoms with Crippen molar-refractivity contribution in [1.82, 2.24) is 14.6 Å². The van der Waals surface area contributed by atoms with Crippen molar-refractivity contribution >= 4 is 28.3 Å². The monoisotopic (exact) mass is 413 g/mol. The third-order valence-electron chi connectivity index (χ3n) is 4.91. The molecule has 3 aromatic carbocycles. The van der Waals surface area contributed by atoms with Crippen LogP contribution in [0, 0.1) is 10.1 Å². The van der Waals surface area contributed by atoms with Gasteiger partial charge < -0.3 is 10.5 Å². The molecule has 152 valence electrons. The highest BCUT2D eigenvalue weighted by Gasteiger charge is 2.22. The molecule has 0 saturated carbocycles. The Morgan fingerprint density at radius 3 is 2.42 bits per heavy atom. The first kappa shape index (κ1) is 18.4. The summed E-state index contributed by atoms with van der Waals surface area (Å²) < 4.78 is 7.40. The van der Waals surface area contributed by atoms with E-state index in [0.717, 1.165) is 5.56 Å². The number of hydrogen-bond donors (Lipinski definition) is 2. The molecule has 0 spiro atoms. The number of nitrogens with zero attached hydrogens (tertiary/aromatic N) is 3. The van der Waals surface area contributed by atoms with Crippen molar-refractivity contribution in [3.8, 4) is 22.8 Å². The Bertz CT molecular complexity index is 1450. The molecule has 0 radical (unpaired) electrons. The number of rotatable bonds is 5. The Balaban J connectivity index is 1.58. The van der Waals surface area contributed by atoms with Crippen LogP contribution >= 0.6 is 0 Å². The minimum Gasteiger partial charge on any atom is -0.457 e. The molecule has 0 bridgehead atoms. The lowest BCUT2D eigenvalue weighted by Gasteiger charge is -2.06. The number of nitrogens with two attached hydrogens (primary N) is 1. The van der Waals surface area contributed by atoms with E-state index in [-0.39, 0.29) is 11.3 Å². The molecular weight excluding hydrogens is 398 g/mol. The number of aromatic nitrogens is 3. The number of carbonyl (C=O) groups is 1. The van der Waals surface area contributed by atoms with Crippen LogP contribution in [0.4, 0.5) is 5.69 Å². The first-order valence-electron chi connectivity index (χ1n) is 9.33. The number of amides is 1.